The molecule has 0 saturated heterocycles. The van der Waals surface area contributed by atoms with Crippen molar-refractivity contribution in [1.82, 2.24) is 14.5 Å². The van der Waals surface area contributed by atoms with E-state index in [4.69, 9.17) is 11.6 Å². The zero-order valence-corrected chi connectivity index (χ0v) is 12.6. The summed E-state index contributed by atoms with van der Waals surface area (Å²) in [5.41, 5.74) is 3.43. The number of benzene rings is 1. The molecule has 0 spiro atoms. The summed E-state index contributed by atoms with van der Waals surface area (Å²) >= 11 is 6.09. The van der Waals surface area contributed by atoms with Crippen LogP contribution < -0.4 is 5.32 Å². The maximum Gasteiger partial charge on any atom is 0.142 e. The number of nitrogens with one attached hydrogen (secondary N) is 1. The van der Waals surface area contributed by atoms with Crippen molar-refractivity contribution >= 4 is 17.4 Å². The van der Waals surface area contributed by atoms with Gasteiger partial charge < -0.3 is 9.88 Å². The molecule has 106 valence electrons. The molecule has 5 heteroatoms. The molecular weight excluding hydrogens is 284 g/mol. The van der Waals surface area contributed by atoms with Gasteiger partial charge in [0.1, 0.15) is 18.0 Å². The molecule has 2 heterocycles. The molecule has 0 aliphatic carbocycles. The molecule has 0 saturated carbocycles. The smallest absolute Gasteiger partial charge is 0.142 e. The van der Waals surface area contributed by atoms with Gasteiger partial charge in [-0.25, -0.2) is 9.97 Å². The van der Waals surface area contributed by atoms with Crippen molar-refractivity contribution in [2.45, 2.75) is 6.92 Å². The van der Waals surface area contributed by atoms with Crippen LogP contribution in [0.1, 0.15) is 5.56 Å². The highest BCUT2D eigenvalue weighted by molar-refractivity contribution is 6.30. The molecule has 0 unspecified atom stereocenters. The van der Waals surface area contributed by atoms with Gasteiger partial charge in [-0.3, -0.25) is 0 Å². The van der Waals surface area contributed by atoms with E-state index in [1.54, 1.807) is 6.33 Å². The average molecular weight is 299 g/mol. The molecule has 0 atom stereocenters. The number of nitrogens with zero attached hydrogens (tertiary/aromatic N) is 3. The third-order valence-corrected chi connectivity index (χ3v) is 3.61. The predicted molar refractivity (Wildman–Crippen MR) is 86.1 cm³/mol. The number of aryl methyl sites for hydroxylation is 1. The Hall–Kier alpha value is -2.33. The highest BCUT2D eigenvalue weighted by atomic mass is 35.5. The van der Waals surface area contributed by atoms with Crippen LogP contribution in [0.3, 0.4) is 0 Å². The Morgan fingerprint density at radius 3 is 2.81 bits per heavy atom. The number of hydrogen-bond donors (Lipinski definition) is 1. The molecule has 0 aliphatic rings. The van der Waals surface area contributed by atoms with Crippen molar-refractivity contribution in [3.05, 3.63) is 59.6 Å². The quantitative estimate of drug-likeness (QED) is 0.796. The van der Waals surface area contributed by atoms with Crippen LogP contribution in [-0.4, -0.2) is 21.6 Å². The van der Waals surface area contributed by atoms with E-state index in [-0.39, 0.29) is 0 Å². The second-order valence-electron chi connectivity index (χ2n) is 4.78. The van der Waals surface area contributed by atoms with E-state index < -0.39 is 0 Å². The summed E-state index contributed by atoms with van der Waals surface area (Å²) in [4.78, 5) is 8.41. The van der Waals surface area contributed by atoms with E-state index >= 15 is 0 Å². The molecule has 4 nitrogen and oxygen atoms in total. The monoisotopic (exact) mass is 298 g/mol. The Labute approximate surface area is 128 Å². The lowest BCUT2D eigenvalue weighted by molar-refractivity contribution is 0.984. The number of anilines is 1. The lowest BCUT2D eigenvalue weighted by atomic mass is 10.0. The average Bonchev–Trinajstić information content (AvgIpc) is 2.99. The van der Waals surface area contributed by atoms with Gasteiger partial charge in [0.05, 0.1) is 0 Å². The number of aromatic nitrogens is 3. The summed E-state index contributed by atoms with van der Waals surface area (Å²) in [5, 5.41) is 3.75. The van der Waals surface area contributed by atoms with Crippen molar-refractivity contribution in [1.29, 1.82) is 0 Å². The molecule has 3 rings (SSSR count). The summed E-state index contributed by atoms with van der Waals surface area (Å²) in [6, 6.07) is 9.86. The summed E-state index contributed by atoms with van der Waals surface area (Å²) in [6.07, 6.45) is 5.57. The van der Waals surface area contributed by atoms with Crippen molar-refractivity contribution < 1.29 is 0 Å². The van der Waals surface area contributed by atoms with Crippen LogP contribution in [0, 0.1) is 6.92 Å². The number of rotatable bonds is 3. The van der Waals surface area contributed by atoms with Crippen LogP contribution in [0.25, 0.3) is 16.9 Å². The normalized spacial score (nSPS) is 10.6. The maximum atomic E-state index is 6.09. The first-order valence-electron chi connectivity index (χ1n) is 6.62. The molecule has 0 aliphatic heterocycles. The zero-order chi connectivity index (χ0) is 14.8. The van der Waals surface area contributed by atoms with E-state index in [1.165, 1.54) is 5.56 Å². The fourth-order valence-electron chi connectivity index (χ4n) is 2.23. The standard InChI is InChI=1S/C16H15ClN4/c1-11-3-4-13(17)7-14(11)12-5-6-21(9-12)16-8-15(18-2)19-10-20-16/h3-10H,1-2H3,(H,18,19,20). The molecule has 1 N–H and O–H groups in total. The molecule has 0 bridgehead atoms. The fraction of sp³-hybridized carbons (Fsp3) is 0.125. The molecule has 21 heavy (non-hydrogen) atoms. The minimum atomic E-state index is 0.739. The Morgan fingerprint density at radius 2 is 2.00 bits per heavy atom. The first-order valence-corrected chi connectivity index (χ1v) is 7.00. The third-order valence-electron chi connectivity index (χ3n) is 3.38. The van der Waals surface area contributed by atoms with Crippen LogP contribution in [0.4, 0.5) is 5.82 Å². The van der Waals surface area contributed by atoms with Gasteiger partial charge in [-0.15, -0.1) is 0 Å². The van der Waals surface area contributed by atoms with Crippen LogP contribution in [0.2, 0.25) is 5.02 Å². The number of hydrogen-bond acceptors (Lipinski definition) is 3. The van der Waals surface area contributed by atoms with E-state index in [2.05, 4.69) is 28.3 Å². The largest absolute Gasteiger partial charge is 0.373 e. The topological polar surface area (TPSA) is 42.7 Å². The highest BCUT2D eigenvalue weighted by Crippen LogP contribution is 2.27. The van der Waals surface area contributed by atoms with Gasteiger partial charge >= 0.3 is 0 Å². The Morgan fingerprint density at radius 1 is 1.14 bits per heavy atom. The van der Waals surface area contributed by atoms with Gasteiger partial charge in [-0.1, -0.05) is 17.7 Å². The van der Waals surface area contributed by atoms with Crippen LogP contribution in [0.5, 0.6) is 0 Å². The fourth-order valence-corrected chi connectivity index (χ4v) is 2.40. The highest BCUT2D eigenvalue weighted by Gasteiger charge is 2.07. The molecule has 0 amide bonds. The van der Waals surface area contributed by atoms with Gasteiger partial charge in [0, 0.05) is 36.1 Å². The summed E-state index contributed by atoms with van der Waals surface area (Å²) in [6.45, 7) is 2.08. The first kappa shape index (κ1) is 13.6. The predicted octanol–water partition coefficient (Wildman–Crippen LogP) is 3.94. The van der Waals surface area contributed by atoms with E-state index in [1.807, 2.05) is 48.3 Å². The van der Waals surface area contributed by atoms with Crippen molar-refractivity contribution in [2.75, 3.05) is 12.4 Å². The Balaban J connectivity index is 2.01. The summed E-state index contributed by atoms with van der Waals surface area (Å²) in [5.74, 6) is 1.61. The van der Waals surface area contributed by atoms with Crippen molar-refractivity contribution in [3.63, 3.8) is 0 Å². The van der Waals surface area contributed by atoms with Gasteiger partial charge in [0.15, 0.2) is 0 Å². The summed E-state index contributed by atoms with van der Waals surface area (Å²) in [7, 11) is 1.84. The van der Waals surface area contributed by atoms with Crippen molar-refractivity contribution in [2.24, 2.45) is 0 Å². The van der Waals surface area contributed by atoms with Gasteiger partial charge in [0.2, 0.25) is 0 Å². The molecule has 2 aromatic heterocycles. The van der Waals surface area contributed by atoms with Crippen molar-refractivity contribution in [3.8, 4) is 16.9 Å². The minimum Gasteiger partial charge on any atom is -0.373 e. The molecule has 0 fully saturated rings. The Kier molecular flexibility index (Phi) is 3.62. The second-order valence-corrected chi connectivity index (χ2v) is 5.21. The van der Waals surface area contributed by atoms with Crippen LogP contribution in [-0.2, 0) is 0 Å². The second kappa shape index (κ2) is 5.58. The van der Waals surface area contributed by atoms with E-state index in [0.29, 0.717) is 0 Å². The zero-order valence-electron chi connectivity index (χ0n) is 11.8. The molecular formula is C16H15ClN4. The Bertz CT molecular complexity index is 779. The van der Waals surface area contributed by atoms with Gasteiger partial charge in [0.25, 0.3) is 0 Å². The third kappa shape index (κ3) is 2.76. The molecule has 3 aromatic rings. The minimum absolute atomic E-state index is 0.739. The van der Waals surface area contributed by atoms with Crippen LogP contribution >= 0.6 is 11.6 Å². The number of halogens is 1. The van der Waals surface area contributed by atoms with E-state index in [9.17, 15) is 0 Å². The van der Waals surface area contributed by atoms with Gasteiger partial charge in [-0.2, -0.15) is 0 Å². The lowest BCUT2D eigenvalue weighted by Gasteiger charge is -2.05. The van der Waals surface area contributed by atoms with Gasteiger partial charge in [-0.05, 0) is 36.2 Å². The maximum absolute atomic E-state index is 6.09. The lowest BCUT2D eigenvalue weighted by Crippen LogP contribution is -1.98. The first-order chi connectivity index (χ1) is 10.2. The molecule has 0 radical (unpaired) electrons. The SMILES string of the molecule is CNc1cc(-n2ccc(-c3cc(Cl)ccc3C)c2)ncn1. The molecule has 1 aromatic carbocycles. The van der Waals surface area contributed by atoms with E-state index in [0.717, 1.165) is 27.8 Å². The summed E-state index contributed by atoms with van der Waals surface area (Å²) < 4.78 is 1.97. The van der Waals surface area contributed by atoms with Crippen LogP contribution in [0.15, 0.2) is 49.1 Å².